The van der Waals surface area contributed by atoms with Crippen LogP contribution in [0.3, 0.4) is 0 Å². The third kappa shape index (κ3) is 29.0. The predicted molar refractivity (Wildman–Crippen MR) is 238 cm³/mol. The van der Waals surface area contributed by atoms with Crippen molar-refractivity contribution in [2.45, 2.75) is 249 Å². The van der Waals surface area contributed by atoms with Crippen LogP contribution in [0.5, 0.6) is 0 Å². The molecule has 1 heterocycles. The normalized spacial score (nSPS) is 21.5. The van der Waals surface area contributed by atoms with Crippen molar-refractivity contribution >= 4 is 16.3 Å². The zero-order chi connectivity index (χ0) is 44.3. The summed E-state index contributed by atoms with van der Waals surface area (Å²) in [6, 6.07) is -1.13. The number of unbranched alkanes of at least 4 members (excludes halogenated alkanes) is 25. The van der Waals surface area contributed by atoms with Gasteiger partial charge in [-0.25, -0.2) is 4.18 Å². The maximum atomic E-state index is 13.1. The van der Waals surface area contributed by atoms with Gasteiger partial charge < -0.3 is 40.3 Å². The first kappa shape index (κ1) is 56.6. The van der Waals surface area contributed by atoms with Gasteiger partial charge in [-0.3, -0.25) is 9.35 Å². The molecule has 1 saturated heterocycles. The molecule has 1 aliphatic rings. The minimum atomic E-state index is -5.12. The van der Waals surface area contributed by atoms with Gasteiger partial charge in [0.2, 0.25) is 5.91 Å². The number of aliphatic hydroxyl groups excluding tert-OH is 5. The Bertz CT molecular complexity index is 1190. The number of rotatable bonds is 40. The molecule has 0 radical (unpaired) electrons. The number of carbonyl (C=O) groups excluding carboxylic acids is 1. The fourth-order valence-corrected chi connectivity index (χ4v) is 8.04. The molecule has 0 aromatic carbocycles. The Hall–Kier alpha value is -1.46. The van der Waals surface area contributed by atoms with Crippen LogP contribution in [0.2, 0.25) is 0 Å². The van der Waals surface area contributed by atoms with E-state index in [2.05, 4.69) is 35.5 Å². The molecule has 13 nitrogen and oxygen atoms in total. The van der Waals surface area contributed by atoms with E-state index in [1.54, 1.807) is 6.08 Å². The number of amides is 1. The van der Waals surface area contributed by atoms with Crippen LogP contribution in [0, 0.1) is 0 Å². The summed E-state index contributed by atoms with van der Waals surface area (Å²) in [5.74, 6) is -0.712. The third-order valence-corrected chi connectivity index (χ3v) is 11.8. The first-order valence-corrected chi connectivity index (χ1v) is 25.2. The van der Waals surface area contributed by atoms with Crippen molar-refractivity contribution < 1.29 is 57.0 Å². The van der Waals surface area contributed by atoms with Crippen LogP contribution in [-0.4, -0.2) is 107 Å². The second kappa shape index (κ2) is 37.0. The average Bonchev–Trinajstić information content (AvgIpc) is 3.22. The second-order valence-electron chi connectivity index (χ2n) is 16.8. The molecule has 8 atom stereocenters. The lowest BCUT2D eigenvalue weighted by Gasteiger charge is -2.41. The van der Waals surface area contributed by atoms with Crippen LogP contribution in [-0.2, 0) is 28.9 Å². The molecular formula is C46H87NO12S. The molecule has 354 valence electrons. The topological polar surface area (TPSA) is 212 Å². The molecule has 1 fully saturated rings. The molecular weight excluding hydrogens is 791 g/mol. The number of hydrogen-bond acceptors (Lipinski definition) is 11. The average molecular weight is 878 g/mol. The Balaban J connectivity index is 2.59. The molecule has 0 aromatic rings. The first-order valence-electron chi connectivity index (χ1n) is 23.8. The summed E-state index contributed by atoms with van der Waals surface area (Å²) in [7, 11) is -5.12. The highest BCUT2D eigenvalue weighted by atomic mass is 32.3. The fourth-order valence-electron chi connectivity index (χ4n) is 7.54. The van der Waals surface area contributed by atoms with Gasteiger partial charge in [-0.2, -0.15) is 8.42 Å². The van der Waals surface area contributed by atoms with Crippen molar-refractivity contribution in [1.82, 2.24) is 5.32 Å². The standard InChI is InChI=1S/C46H87NO12S/c1-3-5-7-9-11-13-15-17-18-19-20-21-22-23-25-26-28-30-32-34-39(49)38(37-57-46-43(52)44(59-60(54,55)56)42(51)41(36-48)58-46)47-45(53)40(50)35-33-31-29-27-24-16-14-12-10-8-6-4-2/h25-26,32,34,38-44,46,48-52H,3-24,27-31,33,35-37H2,1-2H3,(H,47,53)(H,54,55,56)/b26-25+,34-32+. The van der Waals surface area contributed by atoms with Crippen molar-refractivity contribution in [3.05, 3.63) is 24.3 Å². The molecule has 60 heavy (non-hydrogen) atoms. The highest BCUT2D eigenvalue weighted by molar-refractivity contribution is 7.80. The Morgan fingerprint density at radius 1 is 0.667 bits per heavy atom. The second-order valence-corrected chi connectivity index (χ2v) is 17.9. The smallest absolute Gasteiger partial charge is 0.394 e. The van der Waals surface area contributed by atoms with Gasteiger partial charge in [-0.15, -0.1) is 0 Å². The SMILES string of the molecule is CCCCCCCCCCCCCCC/C=C/CC/C=C/C(O)C(COC1OC(CO)C(O)C(OS(=O)(=O)O)C1O)NC(=O)C(O)CCCCCCCCCCCCCC. The monoisotopic (exact) mass is 878 g/mol. The van der Waals surface area contributed by atoms with Crippen LogP contribution in [0.1, 0.15) is 200 Å². The van der Waals surface area contributed by atoms with Crippen molar-refractivity contribution in [1.29, 1.82) is 0 Å². The summed E-state index contributed by atoms with van der Waals surface area (Å²) in [6.07, 6.45) is 29.8. The highest BCUT2D eigenvalue weighted by Crippen LogP contribution is 2.26. The van der Waals surface area contributed by atoms with Crippen molar-refractivity contribution in [2.75, 3.05) is 13.2 Å². The zero-order valence-electron chi connectivity index (χ0n) is 37.4. The largest absolute Gasteiger partial charge is 0.397 e. The van der Waals surface area contributed by atoms with Crippen LogP contribution in [0.15, 0.2) is 24.3 Å². The predicted octanol–water partition coefficient (Wildman–Crippen LogP) is 8.30. The van der Waals surface area contributed by atoms with Crippen LogP contribution >= 0.6 is 0 Å². The minimum absolute atomic E-state index is 0.240. The number of aliphatic hydroxyl groups is 5. The summed E-state index contributed by atoms with van der Waals surface area (Å²) in [5, 5.41) is 55.2. The number of allylic oxidation sites excluding steroid dienone is 3. The van der Waals surface area contributed by atoms with Gasteiger partial charge in [0.25, 0.3) is 0 Å². The van der Waals surface area contributed by atoms with E-state index in [0.717, 1.165) is 38.5 Å². The Kier molecular flexibility index (Phi) is 34.8. The van der Waals surface area contributed by atoms with E-state index in [0.29, 0.717) is 12.8 Å². The quantitative estimate of drug-likeness (QED) is 0.0176. The van der Waals surface area contributed by atoms with E-state index in [-0.39, 0.29) is 6.42 Å². The summed E-state index contributed by atoms with van der Waals surface area (Å²) in [6.45, 7) is 3.20. The molecule has 8 unspecified atom stereocenters. The molecule has 1 rings (SSSR count). The molecule has 0 aliphatic carbocycles. The van der Waals surface area contributed by atoms with E-state index in [1.807, 2.05) is 0 Å². The number of hydrogen-bond donors (Lipinski definition) is 7. The molecule has 0 saturated carbocycles. The lowest BCUT2D eigenvalue weighted by atomic mass is 9.99. The summed E-state index contributed by atoms with van der Waals surface area (Å²) >= 11 is 0. The van der Waals surface area contributed by atoms with Gasteiger partial charge in [0.1, 0.15) is 30.5 Å². The lowest BCUT2D eigenvalue weighted by molar-refractivity contribution is -0.298. The van der Waals surface area contributed by atoms with Gasteiger partial charge in [0, 0.05) is 0 Å². The first-order chi connectivity index (χ1) is 28.9. The molecule has 1 aliphatic heterocycles. The van der Waals surface area contributed by atoms with Gasteiger partial charge in [0.15, 0.2) is 6.29 Å². The Morgan fingerprint density at radius 2 is 1.12 bits per heavy atom. The van der Waals surface area contributed by atoms with E-state index in [1.165, 1.54) is 134 Å². The molecule has 0 aromatic heterocycles. The zero-order valence-corrected chi connectivity index (χ0v) is 38.2. The van der Waals surface area contributed by atoms with Crippen LogP contribution in [0.4, 0.5) is 0 Å². The van der Waals surface area contributed by atoms with E-state index in [4.69, 9.17) is 9.47 Å². The molecule has 14 heteroatoms. The molecule has 0 spiro atoms. The lowest BCUT2D eigenvalue weighted by Crippen LogP contribution is -2.61. The van der Waals surface area contributed by atoms with Crippen LogP contribution in [0.25, 0.3) is 0 Å². The molecule has 1 amide bonds. The number of carbonyl (C=O) groups is 1. The van der Waals surface area contributed by atoms with E-state index >= 15 is 0 Å². The third-order valence-electron chi connectivity index (χ3n) is 11.3. The number of ether oxygens (including phenoxy) is 2. The van der Waals surface area contributed by atoms with Gasteiger partial charge >= 0.3 is 10.4 Å². The molecule has 0 bridgehead atoms. The highest BCUT2D eigenvalue weighted by Gasteiger charge is 2.48. The number of nitrogens with one attached hydrogen (secondary N) is 1. The van der Waals surface area contributed by atoms with Gasteiger partial charge in [0.05, 0.1) is 25.4 Å². The van der Waals surface area contributed by atoms with Crippen molar-refractivity contribution in [3.63, 3.8) is 0 Å². The minimum Gasteiger partial charge on any atom is -0.394 e. The van der Waals surface area contributed by atoms with E-state index in [9.17, 15) is 43.3 Å². The Morgan fingerprint density at radius 3 is 1.60 bits per heavy atom. The van der Waals surface area contributed by atoms with Gasteiger partial charge in [-0.05, 0) is 32.1 Å². The maximum Gasteiger partial charge on any atom is 0.397 e. The summed E-state index contributed by atoms with van der Waals surface area (Å²) in [4.78, 5) is 13.1. The summed E-state index contributed by atoms with van der Waals surface area (Å²) < 4.78 is 47.5. The van der Waals surface area contributed by atoms with E-state index < -0.39 is 78.5 Å². The summed E-state index contributed by atoms with van der Waals surface area (Å²) in [5.41, 5.74) is 0. The van der Waals surface area contributed by atoms with Gasteiger partial charge in [-0.1, -0.05) is 192 Å². The van der Waals surface area contributed by atoms with Crippen LogP contribution < -0.4 is 5.32 Å². The van der Waals surface area contributed by atoms with Crippen molar-refractivity contribution in [3.8, 4) is 0 Å². The fraction of sp³-hybridized carbons (Fsp3) is 0.891. The maximum absolute atomic E-state index is 13.1. The molecule has 7 N–H and O–H groups in total. The van der Waals surface area contributed by atoms with Crippen molar-refractivity contribution in [2.24, 2.45) is 0 Å². The Labute approximate surface area is 364 Å².